The van der Waals surface area contributed by atoms with Gasteiger partial charge in [0.25, 0.3) is 0 Å². The molecule has 1 aliphatic rings. The van der Waals surface area contributed by atoms with Crippen LogP contribution in [0.1, 0.15) is 42.5 Å². The van der Waals surface area contributed by atoms with E-state index in [4.69, 9.17) is 0 Å². The van der Waals surface area contributed by atoms with Crippen molar-refractivity contribution in [3.05, 3.63) is 34.9 Å². The monoisotopic (exact) mass is 257 g/mol. The predicted molar refractivity (Wildman–Crippen MR) is 65.3 cm³/mol. The highest BCUT2D eigenvalue weighted by Gasteiger charge is 2.31. The maximum Gasteiger partial charge on any atom is 0.416 e. The molecule has 18 heavy (non-hydrogen) atoms. The van der Waals surface area contributed by atoms with Gasteiger partial charge in [0.15, 0.2) is 0 Å². The first kappa shape index (κ1) is 13.4. The summed E-state index contributed by atoms with van der Waals surface area (Å²) in [5, 5.41) is 3.38. The Hall–Kier alpha value is -1.03. The zero-order valence-electron chi connectivity index (χ0n) is 10.6. The van der Waals surface area contributed by atoms with Gasteiger partial charge in [0.05, 0.1) is 5.56 Å². The molecule has 0 radical (unpaired) electrons. The van der Waals surface area contributed by atoms with Gasteiger partial charge in [-0.3, -0.25) is 0 Å². The second-order valence-corrected chi connectivity index (χ2v) is 5.21. The standard InChI is InChI=1S/C14H18F3N/c1-9-5-6-18-13(7-9)12-4-3-11(8-10(12)2)14(15,16)17/h3-4,8-9,13,18H,5-7H2,1-2H3. The minimum Gasteiger partial charge on any atom is -0.310 e. The summed E-state index contributed by atoms with van der Waals surface area (Å²) in [5.74, 6) is 0.623. The molecule has 2 unspecified atom stereocenters. The van der Waals surface area contributed by atoms with E-state index in [0.29, 0.717) is 5.92 Å². The molecule has 1 N–H and O–H groups in total. The van der Waals surface area contributed by atoms with Gasteiger partial charge in [-0.1, -0.05) is 13.0 Å². The summed E-state index contributed by atoms with van der Waals surface area (Å²) < 4.78 is 37.8. The van der Waals surface area contributed by atoms with Crippen LogP contribution in [-0.2, 0) is 6.18 Å². The Labute approximate surface area is 105 Å². The van der Waals surface area contributed by atoms with Crippen molar-refractivity contribution < 1.29 is 13.2 Å². The first-order valence-electron chi connectivity index (χ1n) is 6.29. The van der Waals surface area contributed by atoms with Crippen molar-refractivity contribution in [2.45, 2.75) is 38.9 Å². The molecule has 100 valence electrons. The van der Waals surface area contributed by atoms with Crippen molar-refractivity contribution >= 4 is 0 Å². The molecular weight excluding hydrogens is 239 g/mol. The molecule has 1 aliphatic heterocycles. The van der Waals surface area contributed by atoms with Gasteiger partial charge in [0, 0.05) is 6.04 Å². The minimum absolute atomic E-state index is 0.191. The van der Waals surface area contributed by atoms with Gasteiger partial charge in [-0.15, -0.1) is 0 Å². The first-order valence-corrected chi connectivity index (χ1v) is 6.29. The van der Waals surface area contributed by atoms with Crippen LogP contribution in [0.4, 0.5) is 13.2 Å². The van der Waals surface area contributed by atoms with Crippen LogP contribution >= 0.6 is 0 Å². The van der Waals surface area contributed by atoms with Gasteiger partial charge in [0.1, 0.15) is 0 Å². The number of hydrogen-bond acceptors (Lipinski definition) is 1. The third kappa shape index (κ3) is 2.86. The van der Waals surface area contributed by atoms with Crippen LogP contribution < -0.4 is 5.32 Å². The molecule has 1 aromatic carbocycles. The predicted octanol–water partition coefficient (Wildman–Crippen LogP) is 4.07. The Kier molecular flexibility index (Phi) is 3.66. The van der Waals surface area contributed by atoms with Crippen molar-refractivity contribution in [3.8, 4) is 0 Å². The fourth-order valence-electron chi connectivity index (χ4n) is 2.59. The molecule has 0 bridgehead atoms. The quantitative estimate of drug-likeness (QED) is 0.799. The lowest BCUT2D eigenvalue weighted by Gasteiger charge is -2.29. The fourth-order valence-corrected chi connectivity index (χ4v) is 2.59. The number of rotatable bonds is 1. The summed E-state index contributed by atoms with van der Waals surface area (Å²) in [7, 11) is 0. The molecule has 0 saturated carbocycles. The second-order valence-electron chi connectivity index (χ2n) is 5.21. The van der Waals surface area contributed by atoms with Crippen LogP contribution in [-0.4, -0.2) is 6.54 Å². The molecule has 2 rings (SSSR count). The summed E-state index contributed by atoms with van der Waals surface area (Å²) in [4.78, 5) is 0. The molecule has 0 aliphatic carbocycles. The average Bonchev–Trinajstić information content (AvgIpc) is 2.27. The van der Waals surface area contributed by atoms with Crippen LogP contribution in [0.3, 0.4) is 0 Å². The zero-order chi connectivity index (χ0) is 13.3. The van der Waals surface area contributed by atoms with E-state index >= 15 is 0 Å². The molecule has 1 saturated heterocycles. The Morgan fingerprint density at radius 3 is 2.56 bits per heavy atom. The van der Waals surface area contributed by atoms with Crippen LogP contribution in [0, 0.1) is 12.8 Å². The Balaban J connectivity index is 2.24. The van der Waals surface area contributed by atoms with Gasteiger partial charge < -0.3 is 5.32 Å². The molecule has 1 fully saturated rings. The molecule has 1 aromatic rings. The number of benzene rings is 1. The van der Waals surface area contributed by atoms with Crippen molar-refractivity contribution in [2.75, 3.05) is 6.54 Å². The Morgan fingerprint density at radius 1 is 1.28 bits per heavy atom. The number of piperidine rings is 1. The van der Waals surface area contributed by atoms with E-state index in [2.05, 4.69) is 12.2 Å². The van der Waals surface area contributed by atoms with E-state index in [0.717, 1.165) is 30.5 Å². The smallest absolute Gasteiger partial charge is 0.310 e. The molecule has 0 aromatic heterocycles. The lowest BCUT2D eigenvalue weighted by atomic mass is 9.88. The molecule has 0 spiro atoms. The number of halogens is 3. The first-order chi connectivity index (χ1) is 8.38. The van der Waals surface area contributed by atoms with Gasteiger partial charge >= 0.3 is 6.18 Å². The highest BCUT2D eigenvalue weighted by molar-refractivity contribution is 5.34. The molecule has 4 heteroatoms. The normalized spacial score (nSPS) is 25.2. The van der Waals surface area contributed by atoms with E-state index < -0.39 is 11.7 Å². The SMILES string of the molecule is Cc1cc(C(F)(F)F)ccc1C1CC(C)CCN1. The largest absolute Gasteiger partial charge is 0.416 e. The van der Waals surface area contributed by atoms with E-state index in [-0.39, 0.29) is 6.04 Å². The molecular formula is C14H18F3N. The number of nitrogens with one attached hydrogen (secondary N) is 1. The molecule has 1 nitrogen and oxygen atoms in total. The third-order valence-corrected chi connectivity index (χ3v) is 3.64. The summed E-state index contributed by atoms with van der Waals surface area (Å²) in [6, 6.07) is 4.24. The zero-order valence-corrected chi connectivity index (χ0v) is 10.6. The summed E-state index contributed by atoms with van der Waals surface area (Å²) >= 11 is 0. The van der Waals surface area contributed by atoms with Crippen molar-refractivity contribution in [1.29, 1.82) is 0 Å². The maximum atomic E-state index is 12.6. The van der Waals surface area contributed by atoms with E-state index in [1.54, 1.807) is 13.0 Å². The van der Waals surface area contributed by atoms with Crippen LogP contribution in [0.5, 0.6) is 0 Å². The summed E-state index contributed by atoms with van der Waals surface area (Å²) in [6.45, 7) is 4.88. The topological polar surface area (TPSA) is 12.0 Å². The van der Waals surface area contributed by atoms with Gasteiger partial charge in [-0.05, 0) is 55.5 Å². The maximum absolute atomic E-state index is 12.6. The summed E-state index contributed by atoms with van der Waals surface area (Å²) in [5.41, 5.74) is 1.15. The van der Waals surface area contributed by atoms with Crippen molar-refractivity contribution in [3.63, 3.8) is 0 Å². The lowest BCUT2D eigenvalue weighted by Crippen LogP contribution is -2.31. The van der Waals surface area contributed by atoms with E-state index in [9.17, 15) is 13.2 Å². The number of aryl methyl sites for hydroxylation is 1. The molecule has 2 atom stereocenters. The minimum atomic E-state index is -4.25. The average molecular weight is 257 g/mol. The van der Waals surface area contributed by atoms with E-state index in [1.807, 2.05) is 0 Å². The Morgan fingerprint density at radius 2 is 2.00 bits per heavy atom. The van der Waals surface area contributed by atoms with Gasteiger partial charge in [-0.25, -0.2) is 0 Å². The van der Waals surface area contributed by atoms with Crippen molar-refractivity contribution in [1.82, 2.24) is 5.32 Å². The van der Waals surface area contributed by atoms with Crippen LogP contribution in [0.2, 0.25) is 0 Å². The number of alkyl halides is 3. The highest BCUT2D eigenvalue weighted by Crippen LogP contribution is 2.34. The van der Waals surface area contributed by atoms with Crippen LogP contribution in [0.15, 0.2) is 18.2 Å². The third-order valence-electron chi connectivity index (χ3n) is 3.64. The second kappa shape index (κ2) is 4.92. The molecule has 1 heterocycles. The molecule has 0 amide bonds. The lowest BCUT2D eigenvalue weighted by molar-refractivity contribution is -0.137. The van der Waals surface area contributed by atoms with Crippen molar-refractivity contribution in [2.24, 2.45) is 5.92 Å². The van der Waals surface area contributed by atoms with Gasteiger partial charge in [-0.2, -0.15) is 13.2 Å². The van der Waals surface area contributed by atoms with Gasteiger partial charge in [0.2, 0.25) is 0 Å². The number of hydrogen-bond donors (Lipinski definition) is 1. The Bertz CT molecular complexity index is 426. The highest BCUT2D eigenvalue weighted by atomic mass is 19.4. The van der Waals surface area contributed by atoms with Crippen LogP contribution in [0.25, 0.3) is 0 Å². The van der Waals surface area contributed by atoms with E-state index in [1.165, 1.54) is 12.1 Å². The fraction of sp³-hybridized carbons (Fsp3) is 0.571. The summed E-state index contributed by atoms with van der Waals surface area (Å²) in [6.07, 6.45) is -2.13.